The molecule has 1 aromatic rings. The summed E-state index contributed by atoms with van der Waals surface area (Å²) in [6.45, 7) is 2.20. The van der Waals surface area contributed by atoms with E-state index in [0.29, 0.717) is 5.75 Å². The van der Waals surface area contributed by atoms with Crippen LogP contribution in [0.1, 0.15) is 39.0 Å². The first-order chi connectivity index (χ1) is 8.69. The lowest BCUT2D eigenvalue weighted by Crippen LogP contribution is -2.25. The van der Waals surface area contributed by atoms with Gasteiger partial charge in [0.25, 0.3) is 0 Å². The Labute approximate surface area is 107 Å². The van der Waals surface area contributed by atoms with Gasteiger partial charge in [-0.05, 0) is 55.9 Å². The molecule has 1 saturated carbocycles. The smallest absolute Gasteiger partial charge is 0.314 e. The average molecular weight is 250 g/mol. The molecule has 1 aromatic carbocycles. The van der Waals surface area contributed by atoms with E-state index in [1.54, 1.807) is 0 Å². The molecule has 0 amide bonds. The van der Waals surface area contributed by atoms with Crippen molar-refractivity contribution in [2.75, 3.05) is 0 Å². The van der Waals surface area contributed by atoms with Crippen LogP contribution in [0.25, 0.3) is 0 Å². The number of carbonyl (C=O) groups excluding carboxylic acids is 1. The molecule has 0 spiro atoms. The number of carbonyl (C=O) groups is 1. The van der Waals surface area contributed by atoms with Crippen molar-refractivity contribution in [2.45, 2.75) is 39.0 Å². The lowest BCUT2D eigenvalue weighted by atomic mass is 9.81. The maximum atomic E-state index is 12.7. The SMILES string of the molecule is CC[C@H]1CC[C@H](C(=O)Oc2ccc(F)cc2)CC1. The highest BCUT2D eigenvalue weighted by Gasteiger charge is 2.26. The Morgan fingerprint density at radius 3 is 2.39 bits per heavy atom. The predicted octanol–water partition coefficient (Wildman–Crippen LogP) is 3.95. The van der Waals surface area contributed by atoms with E-state index < -0.39 is 0 Å². The fraction of sp³-hybridized carbons (Fsp3) is 0.533. The number of hydrogen-bond acceptors (Lipinski definition) is 2. The van der Waals surface area contributed by atoms with E-state index in [0.717, 1.165) is 31.6 Å². The topological polar surface area (TPSA) is 26.3 Å². The summed E-state index contributed by atoms with van der Waals surface area (Å²) < 4.78 is 18.0. The zero-order valence-corrected chi connectivity index (χ0v) is 10.7. The van der Waals surface area contributed by atoms with Crippen molar-refractivity contribution in [2.24, 2.45) is 11.8 Å². The molecule has 0 saturated heterocycles. The molecule has 2 rings (SSSR count). The molecule has 98 valence electrons. The quantitative estimate of drug-likeness (QED) is 0.600. The number of benzene rings is 1. The molecule has 0 unspecified atom stereocenters. The fourth-order valence-electron chi connectivity index (χ4n) is 2.51. The molecule has 2 nitrogen and oxygen atoms in total. The molecule has 1 aliphatic carbocycles. The van der Waals surface area contributed by atoms with E-state index >= 15 is 0 Å². The van der Waals surface area contributed by atoms with Crippen LogP contribution in [0.3, 0.4) is 0 Å². The zero-order chi connectivity index (χ0) is 13.0. The Kier molecular flexibility index (Phi) is 4.34. The second-order valence-corrected chi connectivity index (χ2v) is 5.00. The van der Waals surface area contributed by atoms with Gasteiger partial charge in [0.15, 0.2) is 0 Å². The first-order valence-corrected chi connectivity index (χ1v) is 6.66. The minimum absolute atomic E-state index is 0.0119. The van der Waals surface area contributed by atoms with E-state index in [-0.39, 0.29) is 17.7 Å². The summed E-state index contributed by atoms with van der Waals surface area (Å²) >= 11 is 0. The highest BCUT2D eigenvalue weighted by molar-refractivity contribution is 5.75. The van der Waals surface area contributed by atoms with Gasteiger partial charge >= 0.3 is 5.97 Å². The van der Waals surface area contributed by atoms with Crippen LogP contribution in [0.4, 0.5) is 4.39 Å². The van der Waals surface area contributed by atoms with Crippen LogP contribution in [-0.4, -0.2) is 5.97 Å². The highest BCUT2D eigenvalue weighted by atomic mass is 19.1. The van der Waals surface area contributed by atoms with Gasteiger partial charge in [-0.1, -0.05) is 13.3 Å². The molecular weight excluding hydrogens is 231 g/mol. The maximum Gasteiger partial charge on any atom is 0.314 e. The molecule has 18 heavy (non-hydrogen) atoms. The third-order valence-corrected chi connectivity index (χ3v) is 3.79. The van der Waals surface area contributed by atoms with Crippen molar-refractivity contribution >= 4 is 5.97 Å². The van der Waals surface area contributed by atoms with Crippen LogP contribution in [0.15, 0.2) is 24.3 Å². The van der Waals surface area contributed by atoms with E-state index in [1.807, 2.05) is 0 Å². The van der Waals surface area contributed by atoms with Crippen molar-refractivity contribution in [1.82, 2.24) is 0 Å². The summed E-state index contributed by atoms with van der Waals surface area (Å²) in [5.74, 6) is 0.714. The third-order valence-electron chi connectivity index (χ3n) is 3.79. The Hall–Kier alpha value is -1.38. The van der Waals surface area contributed by atoms with E-state index in [1.165, 1.54) is 30.7 Å². The van der Waals surface area contributed by atoms with E-state index in [4.69, 9.17) is 4.74 Å². The molecule has 0 N–H and O–H groups in total. The predicted molar refractivity (Wildman–Crippen MR) is 67.8 cm³/mol. The minimum Gasteiger partial charge on any atom is -0.426 e. The van der Waals surface area contributed by atoms with Crippen LogP contribution in [-0.2, 0) is 4.79 Å². The first kappa shape index (κ1) is 13.1. The molecule has 1 fully saturated rings. The van der Waals surface area contributed by atoms with Crippen LogP contribution in [0, 0.1) is 17.7 Å². The second kappa shape index (κ2) is 5.98. The lowest BCUT2D eigenvalue weighted by Gasteiger charge is -2.26. The molecule has 1 aliphatic rings. The Bertz CT molecular complexity index is 391. The van der Waals surface area contributed by atoms with Gasteiger partial charge in [0.05, 0.1) is 5.92 Å². The Morgan fingerprint density at radius 1 is 1.22 bits per heavy atom. The minimum atomic E-state index is -0.321. The van der Waals surface area contributed by atoms with Gasteiger partial charge in [0.1, 0.15) is 11.6 Å². The Morgan fingerprint density at radius 2 is 1.83 bits per heavy atom. The molecule has 0 radical (unpaired) electrons. The monoisotopic (exact) mass is 250 g/mol. The van der Waals surface area contributed by atoms with Crippen molar-refractivity contribution in [1.29, 1.82) is 0 Å². The van der Waals surface area contributed by atoms with Crippen molar-refractivity contribution in [3.05, 3.63) is 30.1 Å². The molecular formula is C15H19FO2. The van der Waals surface area contributed by atoms with Gasteiger partial charge in [-0.15, -0.1) is 0 Å². The summed E-state index contributed by atoms with van der Waals surface area (Å²) in [6, 6.07) is 5.59. The number of hydrogen-bond donors (Lipinski definition) is 0. The number of esters is 1. The van der Waals surface area contributed by atoms with Gasteiger partial charge in [-0.3, -0.25) is 4.79 Å². The summed E-state index contributed by atoms with van der Waals surface area (Å²) in [6.07, 6.45) is 5.25. The van der Waals surface area contributed by atoms with Crippen LogP contribution >= 0.6 is 0 Å². The molecule has 0 aromatic heterocycles. The van der Waals surface area contributed by atoms with E-state index in [9.17, 15) is 9.18 Å². The van der Waals surface area contributed by atoms with Crippen LogP contribution in [0.5, 0.6) is 5.75 Å². The number of halogens is 1. The van der Waals surface area contributed by atoms with Gasteiger partial charge in [0, 0.05) is 0 Å². The largest absolute Gasteiger partial charge is 0.426 e. The average Bonchev–Trinajstić information content (AvgIpc) is 2.41. The van der Waals surface area contributed by atoms with Crippen molar-refractivity contribution < 1.29 is 13.9 Å². The lowest BCUT2D eigenvalue weighted by molar-refractivity contribution is -0.140. The van der Waals surface area contributed by atoms with E-state index in [2.05, 4.69) is 6.92 Å². The highest BCUT2D eigenvalue weighted by Crippen LogP contribution is 2.31. The van der Waals surface area contributed by atoms with Gasteiger partial charge < -0.3 is 4.74 Å². The van der Waals surface area contributed by atoms with Crippen molar-refractivity contribution in [3.8, 4) is 5.75 Å². The first-order valence-electron chi connectivity index (χ1n) is 6.66. The fourth-order valence-corrected chi connectivity index (χ4v) is 2.51. The second-order valence-electron chi connectivity index (χ2n) is 5.00. The molecule has 3 heteroatoms. The van der Waals surface area contributed by atoms with Crippen molar-refractivity contribution in [3.63, 3.8) is 0 Å². The molecule has 0 aliphatic heterocycles. The summed E-state index contributed by atoms with van der Waals surface area (Å²) in [4.78, 5) is 11.9. The molecule has 0 bridgehead atoms. The number of ether oxygens (including phenoxy) is 1. The van der Waals surface area contributed by atoms with Crippen LogP contribution in [0.2, 0.25) is 0 Å². The van der Waals surface area contributed by atoms with Crippen LogP contribution < -0.4 is 4.74 Å². The normalized spacial score (nSPS) is 23.7. The molecule has 0 heterocycles. The summed E-state index contributed by atoms with van der Waals surface area (Å²) in [5.41, 5.74) is 0. The Balaban J connectivity index is 1.87. The number of rotatable bonds is 3. The third kappa shape index (κ3) is 3.31. The van der Waals surface area contributed by atoms with Gasteiger partial charge in [-0.2, -0.15) is 0 Å². The summed E-state index contributed by atoms with van der Waals surface area (Å²) in [5, 5.41) is 0. The van der Waals surface area contributed by atoms with Gasteiger partial charge in [0.2, 0.25) is 0 Å². The standard InChI is InChI=1S/C15H19FO2/c1-2-11-3-5-12(6-4-11)15(17)18-14-9-7-13(16)8-10-14/h7-12H,2-6H2,1H3/t11-,12-. The maximum absolute atomic E-state index is 12.7. The summed E-state index contributed by atoms with van der Waals surface area (Å²) in [7, 11) is 0. The molecule has 0 atom stereocenters. The zero-order valence-electron chi connectivity index (χ0n) is 10.7. The van der Waals surface area contributed by atoms with Gasteiger partial charge in [-0.25, -0.2) is 4.39 Å².